The minimum absolute atomic E-state index is 0.208. The van der Waals surface area contributed by atoms with Crippen molar-refractivity contribution in [2.24, 2.45) is 0 Å². The van der Waals surface area contributed by atoms with Crippen LogP contribution in [-0.2, 0) is 30.5 Å². The van der Waals surface area contributed by atoms with E-state index in [-0.39, 0.29) is 13.2 Å². The molecule has 0 N–H and O–H groups in total. The Morgan fingerprint density at radius 1 is 0.773 bits per heavy atom. The second-order valence-electron chi connectivity index (χ2n) is 4.65. The molecule has 0 heterocycles. The van der Waals surface area contributed by atoms with Gasteiger partial charge in [0.05, 0.1) is 25.1 Å². The second-order valence-corrected chi connectivity index (χ2v) is 6.62. The maximum Gasteiger partial charge on any atom is 0.491 e. The summed E-state index contributed by atoms with van der Waals surface area (Å²) in [5.74, 6) is 0. The lowest BCUT2D eigenvalue weighted by atomic mass is 10.2. The molecule has 22 heavy (non-hydrogen) atoms. The zero-order chi connectivity index (χ0) is 15.7. The zero-order valence-corrected chi connectivity index (χ0v) is 13.7. The maximum absolute atomic E-state index is 12.2. The number of halogens is 1. The summed E-state index contributed by atoms with van der Waals surface area (Å²) in [5.41, 5.74) is 2.15. The van der Waals surface area contributed by atoms with E-state index in [2.05, 4.69) is 4.08 Å². The van der Waals surface area contributed by atoms with Gasteiger partial charge >= 0.3 is 7.82 Å². The van der Waals surface area contributed by atoms with E-state index in [0.717, 1.165) is 11.1 Å². The maximum atomic E-state index is 12.2. The molecule has 0 spiro atoms. The SMILES string of the molecule is O=P(OCl)(OCCc1ccccc1)OCCc1ccccc1. The predicted molar refractivity (Wildman–Crippen MR) is 86.7 cm³/mol. The van der Waals surface area contributed by atoms with E-state index in [4.69, 9.17) is 20.9 Å². The van der Waals surface area contributed by atoms with E-state index in [1.807, 2.05) is 60.7 Å². The first-order valence-electron chi connectivity index (χ1n) is 6.99. The fraction of sp³-hybridized carbons (Fsp3) is 0.250. The normalized spacial score (nSPS) is 11.5. The Bertz CT molecular complexity index is 542. The van der Waals surface area contributed by atoms with Crippen molar-refractivity contribution in [3.05, 3.63) is 71.8 Å². The third kappa shape index (κ3) is 5.91. The van der Waals surface area contributed by atoms with Crippen molar-refractivity contribution in [3.63, 3.8) is 0 Å². The van der Waals surface area contributed by atoms with E-state index in [1.54, 1.807) is 0 Å². The second kappa shape index (κ2) is 9.09. The Morgan fingerprint density at radius 2 is 1.18 bits per heavy atom. The smallest absolute Gasteiger partial charge is 0.286 e. The highest BCUT2D eigenvalue weighted by atomic mass is 35.5. The van der Waals surface area contributed by atoms with Gasteiger partial charge in [0.1, 0.15) is 0 Å². The summed E-state index contributed by atoms with van der Waals surface area (Å²) in [5, 5.41) is 0. The molecule has 4 nitrogen and oxygen atoms in total. The van der Waals surface area contributed by atoms with Crippen molar-refractivity contribution in [2.75, 3.05) is 13.2 Å². The zero-order valence-electron chi connectivity index (χ0n) is 12.1. The van der Waals surface area contributed by atoms with Gasteiger partial charge < -0.3 is 0 Å². The van der Waals surface area contributed by atoms with E-state index < -0.39 is 7.82 Å². The van der Waals surface area contributed by atoms with Gasteiger partial charge in [-0.05, 0) is 24.0 Å². The molecule has 0 atom stereocenters. The summed E-state index contributed by atoms with van der Waals surface area (Å²) >= 11 is 5.26. The van der Waals surface area contributed by atoms with Crippen LogP contribution in [0.3, 0.4) is 0 Å². The Morgan fingerprint density at radius 3 is 1.55 bits per heavy atom. The van der Waals surface area contributed by atoms with Crippen molar-refractivity contribution in [1.82, 2.24) is 0 Å². The average molecular weight is 341 g/mol. The van der Waals surface area contributed by atoms with Crippen LogP contribution in [0, 0.1) is 0 Å². The van der Waals surface area contributed by atoms with Crippen molar-refractivity contribution >= 4 is 19.7 Å². The number of phosphoric ester groups is 1. The van der Waals surface area contributed by atoms with Crippen LogP contribution >= 0.6 is 19.7 Å². The van der Waals surface area contributed by atoms with Gasteiger partial charge in [-0.25, -0.2) is 4.57 Å². The summed E-state index contributed by atoms with van der Waals surface area (Å²) in [6.45, 7) is 0.415. The van der Waals surface area contributed by atoms with E-state index in [0.29, 0.717) is 12.8 Å². The average Bonchev–Trinajstić information content (AvgIpc) is 2.57. The number of hydrogen-bond acceptors (Lipinski definition) is 4. The monoisotopic (exact) mass is 340 g/mol. The molecule has 0 aliphatic carbocycles. The van der Waals surface area contributed by atoms with Crippen molar-refractivity contribution in [2.45, 2.75) is 12.8 Å². The quantitative estimate of drug-likeness (QED) is 0.616. The number of rotatable bonds is 9. The minimum atomic E-state index is -3.71. The summed E-state index contributed by atoms with van der Waals surface area (Å²) < 4.78 is 27.0. The van der Waals surface area contributed by atoms with Crippen LogP contribution < -0.4 is 0 Å². The summed E-state index contributed by atoms with van der Waals surface area (Å²) in [6, 6.07) is 19.5. The van der Waals surface area contributed by atoms with Gasteiger partial charge in [-0.3, -0.25) is 9.05 Å². The molecule has 0 saturated carbocycles. The Kier molecular flexibility index (Phi) is 7.10. The van der Waals surface area contributed by atoms with Gasteiger partial charge in [0.2, 0.25) is 0 Å². The molecule has 0 amide bonds. The molecule has 2 aromatic rings. The molecular formula is C16H18ClO4P. The van der Waals surface area contributed by atoms with Gasteiger partial charge in [0, 0.05) is 0 Å². The first kappa shape index (κ1) is 17.2. The molecule has 0 aliphatic rings. The predicted octanol–water partition coefficient (Wildman–Crippen LogP) is 4.78. The van der Waals surface area contributed by atoms with E-state index in [9.17, 15) is 4.57 Å². The number of hydrogen-bond donors (Lipinski definition) is 0. The van der Waals surface area contributed by atoms with Crippen LogP contribution in [0.25, 0.3) is 0 Å². The molecule has 2 aromatic carbocycles. The van der Waals surface area contributed by atoms with Gasteiger partial charge in [-0.15, -0.1) is 0 Å². The highest BCUT2D eigenvalue weighted by molar-refractivity contribution is 7.49. The van der Waals surface area contributed by atoms with Gasteiger partial charge in [-0.2, -0.15) is 4.08 Å². The van der Waals surface area contributed by atoms with Crippen LogP contribution in [0.2, 0.25) is 0 Å². The van der Waals surface area contributed by atoms with Crippen LogP contribution in [-0.4, -0.2) is 13.2 Å². The first-order chi connectivity index (χ1) is 10.7. The molecular weight excluding hydrogens is 323 g/mol. The number of benzene rings is 2. The minimum Gasteiger partial charge on any atom is -0.286 e. The molecule has 0 aliphatic heterocycles. The van der Waals surface area contributed by atoms with Crippen molar-refractivity contribution in [1.29, 1.82) is 0 Å². The molecule has 0 aromatic heterocycles. The molecule has 6 heteroatoms. The highest BCUT2D eigenvalue weighted by Gasteiger charge is 2.26. The first-order valence-corrected chi connectivity index (χ1v) is 8.76. The van der Waals surface area contributed by atoms with Crippen LogP contribution in [0.1, 0.15) is 11.1 Å². The van der Waals surface area contributed by atoms with Crippen LogP contribution in [0.4, 0.5) is 0 Å². The standard InChI is InChI=1S/C16H18ClO4P/c17-21-22(18,19-13-11-15-7-3-1-4-8-15)20-14-12-16-9-5-2-6-10-16/h1-10H,11-14H2. The molecule has 0 unspecified atom stereocenters. The molecule has 0 bridgehead atoms. The molecule has 0 radical (unpaired) electrons. The summed E-state index contributed by atoms with van der Waals surface area (Å²) in [4.78, 5) is 0. The molecule has 118 valence electrons. The van der Waals surface area contributed by atoms with E-state index in [1.165, 1.54) is 0 Å². The molecule has 2 rings (SSSR count). The molecule has 0 saturated heterocycles. The van der Waals surface area contributed by atoms with Gasteiger partial charge in [0.15, 0.2) is 0 Å². The van der Waals surface area contributed by atoms with Gasteiger partial charge in [-0.1, -0.05) is 60.7 Å². The number of phosphoric acid groups is 1. The Hall–Kier alpha value is -1.16. The third-order valence-electron chi connectivity index (χ3n) is 3.05. The lowest BCUT2D eigenvalue weighted by Crippen LogP contribution is -2.03. The van der Waals surface area contributed by atoms with Gasteiger partial charge in [0.25, 0.3) is 0 Å². The van der Waals surface area contributed by atoms with Crippen LogP contribution in [0.5, 0.6) is 0 Å². The van der Waals surface area contributed by atoms with Crippen molar-refractivity contribution in [3.8, 4) is 0 Å². The summed E-state index contributed by atoms with van der Waals surface area (Å²) in [6.07, 6.45) is 1.21. The fourth-order valence-corrected chi connectivity index (χ4v) is 2.94. The fourth-order valence-electron chi connectivity index (χ4n) is 1.92. The van der Waals surface area contributed by atoms with Crippen molar-refractivity contribution < 1.29 is 17.7 Å². The lowest BCUT2D eigenvalue weighted by Gasteiger charge is -2.14. The largest absolute Gasteiger partial charge is 0.491 e. The third-order valence-corrected chi connectivity index (χ3v) is 4.72. The lowest BCUT2D eigenvalue weighted by molar-refractivity contribution is 0.161. The molecule has 0 fully saturated rings. The topological polar surface area (TPSA) is 44.8 Å². The van der Waals surface area contributed by atoms with E-state index >= 15 is 0 Å². The highest BCUT2D eigenvalue weighted by Crippen LogP contribution is 2.50. The summed E-state index contributed by atoms with van der Waals surface area (Å²) in [7, 11) is -3.71. The Labute approximate surface area is 135 Å². The Balaban J connectivity index is 1.75. The van der Waals surface area contributed by atoms with Crippen LogP contribution in [0.15, 0.2) is 60.7 Å².